The lowest BCUT2D eigenvalue weighted by atomic mass is 10.2. The number of hydrogen-bond donors (Lipinski definition) is 0. The minimum absolute atomic E-state index is 0.213. The number of esters is 1. The van der Waals surface area contributed by atoms with Crippen LogP contribution in [0.15, 0.2) is 6.07 Å². The first-order chi connectivity index (χ1) is 7.45. The normalized spacial score (nSPS) is 12.2. The van der Waals surface area contributed by atoms with Gasteiger partial charge in [0.1, 0.15) is 0 Å². The number of methoxy groups -OCH3 is 1. The molecule has 0 bridgehead atoms. The van der Waals surface area contributed by atoms with Crippen molar-refractivity contribution in [2.75, 3.05) is 7.11 Å². The van der Waals surface area contributed by atoms with Crippen molar-refractivity contribution in [2.24, 2.45) is 5.92 Å². The van der Waals surface area contributed by atoms with Gasteiger partial charge in [-0.25, -0.2) is 0 Å². The summed E-state index contributed by atoms with van der Waals surface area (Å²) in [7, 11) is 1.30. The van der Waals surface area contributed by atoms with E-state index in [1.54, 1.807) is 13.8 Å². The summed E-state index contributed by atoms with van der Waals surface area (Å²) in [4.78, 5) is 21.1. The molecule has 0 N–H and O–H groups in total. The lowest BCUT2D eigenvalue weighted by Gasteiger charge is -2.07. The van der Waals surface area contributed by atoms with Gasteiger partial charge in [-0.1, -0.05) is 6.92 Å². The summed E-state index contributed by atoms with van der Waals surface area (Å²) in [6, 6.07) is 1.37. The molecule has 0 spiro atoms. The average molecular weight is 227 g/mol. The van der Waals surface area contributed by atoms with Gasteiger partial charge in [-0.3, -0.25) is 4.79 Å². The van der Waals surface area contributed by atoms with Crippen molar-refractivity contribution in [2.45, 2.75) is 20.4 Å². The molecule has 0 aliphatic rings. The fourth-order valence-electron chi connectivity index (χ4n) is 1.30. The molecule has 0 aliphatic heterocycles. The van der Waals surface area contributed by atoms with Crippen LogP contribution in [0.2, 0.25) is 0 Å². The van der Waals surface area contributed by atoms with E-state index in [4.69, 9.17) is 0 Å². The Morgan fingerprint density at radius 3 is 2.81 bits per heavy atom. The molecule has 1 rings (SSSR count). The summed E-state index contributed by atoms with van der Waals surface area (Å²) in [5, 5.41) is 14.3. The maximum absolute atomic E-state index is 11.2. The summed E-state index contributed by atoms with van der Waals surface area (Å²) < 4.78 is 5.99. The predicted molar refractivity (Wildman–Crippen MR) is 54.8 cm³/mol. The Morgan fingerprint density at radius 1 is 1.75 bits per heavy atom. The number of carbonyl (C=O) groups is 1. The number of aromatic nitrogens is 2. The van der Waals surface area contributed by atoms with E-state index in [0.717, 1.165) is 0 Å². The topological polar surface area (TPSA) is 87.3 Å². The maximum atomic E-state index is 11.2. The summed E-state index contributed by atoms with van der Waals surface area (Å²) in [5.41, 5.74) is 0.641. The second-order valence-corrected chi connectivity index (χ2v) is 3.51. The van der Waals surface area contributed by atoms with Crippen LogP contribution >= 0.6 is 0 Å². The van der Waals surface area contributed by atoms with Crippen molar-refractivity contribution in [3.8, 4) is 0 Å². The average Bonchev–Trinajstić information content (AvgIpc) is 2.59. The monoisotopic (exact) mass is 227 g/mol. The van der Waals surface area contributed by atoms with Crippen LogP contribution in [0.3, 0.4) is 0 Å². The van der Waals surface area contributed by atoms with Gasteiger partial charge < -0.3 is 14.9 Å². The van der Waals surface area contributed by atoms with E-state index >= 15 is 0 Å². The van der Waals surface area contributed by atoms with Crippen LogP contribution in [0.4, 0.5) is 5.82 Å². The molecule has 88 valence electrons. The van der Waals surface area contributed by atoms with Crippen LogP contribution < -0.4 is 0 Å². The van der Waals surface area contributed by atoms with Crippen molar-refractivity contribution in [1.29, 1.82) is 0 Å². The van der Waals surface area contributed by atoms with E-state index in [-0.39, 0.29) is 24.2 Å². The Morgan fingerprint density at radius 2 is 2.38 bits per heavy atom. The number of hydrogen-bond acceptors (Lipinski definition) is 5. The van der Waals surface area contributed by atoms with Gasteiger partial charge in [-0.2, -0.15) is 4.68 Å². The molecule has 1 aromatic rings. The molecule has 16 heavy (non-hydrogen) atoms. The van der Waals surface area contributed by atoms with Crippen LogP contribution in [0.1, 0.15) is 12.6 Å². The maximum Gasteiger partial charge on any atom is 0.390 e. The Balaban J connectivity index is 2.81. The molecule has 0 aliphatic carbocycles. The van der Waals surface area contributed by atoms with Gasteiger partial charge in [0.25, 0.3) is 0 Å². The van der Waals surface area contributed by atoms with Crippen molar-refractivity contribution < 1.29 is 14.5 Å². The number of nitrogens with zero attached hydrogens (tertiary/aromatic N) is 3. The van der Waals surface area contributed by atoms with E-state index in [9.17, 15) is 14.9 Å². The second-order valence-electron chi connectivity index (χ2n) is 3.51. The number of rotatable bonds is 4. The standard InChI is InChI=1S/C9H13N3O4/c1-6(9(13)16-3)5-11-7(2)4-8(10-11)12(14)15/h4,6H,5H2,1-3H3/t6-/m0/s1. The van der Waals surface area contributed by atoms with Gasteiger partial charge in [0.2, 0.25) is 0 Å². The molecule has 0 saturated carbocycles. The van der Waals surface area contributed by atoms with Crippen molar-refractivity contribution in [3.05, 3.63) is 21.9 Å². The molecule has 1 heterocycles. The lowest BCUT2D eigenvalue weighted by molar-refractivity contribution is -0.389. The largest absolute Gasteiger partial charge is 0.469 e. The van der Waals surface area contributed by atoms with E-state index in [2.05, 4.69) is 9.84 Å². The molecular formula is C9H13N3O4. The summed E-state index contributed by atoms with van der Waals surface area (Å²) in [6.45, 7) is 3.65. The van der Waals surface area contributed by atoms with E-state index in [1.165, 1.54) is 17.9 Å². The van der Waals surface area contributed by atoms with Crippen LogP contribution in [-0.4, -0.2) is 27.8 Å². The minimum atomic E-state index is -0.563. The van der Waals surface area contributed by atoms with Gasteiger partial charge in [-0.05, 0) is 11.8 Å². The van der Waals surface area contributed by atoms with Gasteiger partial charge in [-0.15, -0.1) is 0 Å². The van der Waals surface area contributed by atoms with Crippen LogP contribution in [0, 0.1) is 23.0 Å². The highest BCUT2D eigenvalue weighted by molar-refractivity contribution is 5.71. The highest BCUT2D eigenvalue weighted by atomic mass is 16.6. The van der Waals surface area contributed by atoms with Gasteiger partial charge in [0.05, 0.1) is 36.4 Å². The Labute approximate surface area is 92.2 Å². The molecule has 7 nitrogen and oxygen atoms in total. The highest BCUT2D eigenvalue weighted by Gasteiger charge is 2.20. The zero-order valence-corrected chi connectivity index (χ0v) is 9.34. The van der Waals surface area contributed by atoms with E-state index in [1.807, 2.05) is 0 Å². The number of aryl methyl sites for hydroxylation is 1. The first kappa shape index (κ1) is 12.2. The lowest BCUT2D eigenvalue weighted by Crippen LogP contribution is -2.20. The molecule has 0 unspecified atom stereocenters. The molecule has 0 amide bonds. The Kier molecular flexibility index (Phi) is 3.60. The van der Waals surface area contributed by atoms with Gasteiger partial charge in [0.15, 0.2) is 0 Å². The number of carbonyl (C=O) groups excluding carboxylic acids is 1. The van der Waals surface area contributed by atoms with Crippen LogP contribution in [-0.2, 0) is 16.1 Å². The smallest absolute Gasteiger partial charge is 0.390 e. The first-order valence-corrected chi connectivity index (χ1v) is 4.72. The zero-order chi connectivity index (χ0) is 12.3. The van der Waals surface area contributed by atoms with Gasteiger partial charge >= 0.3 is 11.8 Å². The zero-order valence-electron chi connectivity index (χ0n) is 9.34. The van der Waals surface area contributed by atoms with Crippen LogP contribution in [0.25, 0.3) is 0 Å². The SMILES string of the molecule is COC(=O)[C@@H](C)Cn1nc([N+](=O)[O-])cc1C. The summed E-state index contributed by atoms with van der Waals surface area (Å²) in [5.74, 6) is -0.963. The number of ether oxygens (including phenoxy) is 1. The fraction of sp³-hybridized carbons (Fsp3) is 0.556. The molecule has 1 aromatic heterocycles. The molecule has 0 aromatic carbocycles. The third-order valence-electron chi connectivity index (χ3n) is 2.21. The fourth-order valence-corrected chi connectivity index (χ4v) is 1.30. The van der Waals surface area contributed by atoms with Gasteiger partial charge in [0, 0.05) is 0 Å². The summed E-state index contributed by atoms with van der Waals surface area (Å²) >= 11 is 0. The molecule has 7 heteroatoms. The van der Waals surface area contributed by atoms with Crippen molar-refractivity contribution >= 4 is 11.8 Å². The number of nitro groups is 1. The van der Waals surface area contributed by atoms with Crippen molar-refractivity contribution in [1.82, 2.24) is 9.78 Å². The third kappa shape index (κ3) is 2.56. The Bertz CT molecular complexity index is 413. The van der Waals surface area contributed by atoms with Crippen LogP contribution in [0.5, 0.6) is 0 Å². The highest BCUT2D eigenvalue weighted by Crippen LogP contribution is 2.13. The first-order valence-electron chi connectivity index (χ1n) is 4.72. The van der Waals surface area contributed by atoms with E-state index in [0.29, 0.717) is 5.69 Å². The Hall–Kier alpha value is -1.92. The molecule has 0 fully saturated rings. The molecule has 1 atom stereocenters. The molecule has 0 radical (unpaired) electrons. The molecular weight excluding hydrogens is 214 g/mol. The van der Waals surface area contributed by atoms with E-state index < -0.39 is 4.92 Å². The van der Waals surface area contributed by atoms with Crippen molar-refractivity contribution in [3.63, 3.8) is 0 Å². The minimum Gasteiger partial charge on any atom is -0.469 e. The quantitative estimate of drug-likeness (QED) is 0.433. The summed E-state index contributed by atoms with van der Waals surface area (Å²) in [6.07, 6.45) is 0. The third-order valence-corrected chi connectivity index (χ3v) is 2.21. The second kappa shape index (κ2) is 4.73. The molecule has 0 saturated heterocycles. The predicted octanol–water partition coefficient (Wildman–Crippen LogP) is 0.909.